The molecule has 0 unspecified atom stereocenters. The van der Waals surface area contributed by atoms with Crippen molar-refractivity contribution in [1.82, 2.24) is 14.9 Å². The second kappa shape index (κ2) is 9.79. The van der Waals surface area contributed by atoms with Crippen molar-refractivity contribution in [3.63, 3.8) is 0 Å². The maximum atomic E-state index is 12.4. The van der Waals surface area contributed by atoms with Crippen LogP contribution < -0.4 is 10.1 Å². The maximum absolute atomic E-state index is 12.4. The largest absolute Gasteiger partial charge is 0.492 e. The number of halogens is 1. The van der Waals surface area contributed by atoms with E-state index in [1.807, 2.05) is 48.5 Å². The van der Waals surface area contributed by atoms with Gasteiger partial charge in [-0.1, -0.05) is 40.2 Å². The molecule has 0 saturated carbocycles. The molecule has 1 heterocycles. The van der Waals surface area contributed by atoms with Crippen LogP contribution in [0.3, 0.4) is 0 Å². The molecule has 0 radical (unpaired) electrons. The van der Waals surface area contributed by atoms with Crippen LogP contribution in [0.4, 0.5) is 0 Å². The molecule has 1 N–H and O–H groups in total. The first-order valence-electron chi connectivity index (χ1n) is 10.3. The molecule has 0 aliphatic heterocycles. The smallest absolute Gasteiger partial charge is 0.251 e. The van der Waals surface area contributed by atoms with Crippen LogP contribution >= 0.6 is 15.9 Å². The van der Waals surface area contributed by atoms with Crippen molar-refractivity contribution in [2.24, 2.45) is 0 Å². The minimum atomic E-state index is -0.0852. The highest BCUT2D eigenvalue weighted by Crippen LogP contribution is 2.18. The second-order valence-corrected chi connectivity index (χ2v) is 8.26. The van der Waals surface area contributed by atoms with Crippen LogP contribution in [0.2, 0.25) is 0 Å². The summed E-state index contributed by atoms with van der Waals surface area (Å²) in [4.78, 5) is 17.2. The quantitative estimate of drug-likeness (QED) is 0.381. The molecule has 4 rings (SSSR count). The first-order chi connectivity index (χ1) is 15.1. The molecule has 0 saturated heterocycles. The fourth-order valence-corrected chi connectivity index (χ4v) is 3.78. The zero-order valence-electron chi connectivity index (χ0n) is 17.3. The number of imidazole rings is 1. The second-order valence-electron chi connectivity index (χ2n) is 7.35. The molecule has 0 aliphatic rings. The monoisotopic (exact) mass is 477 g/mol. The van der Waals surface area contributed by atoms with Crippen molar-refractivity contribution in [2.45, 2.75) is 19.9 Å². The van der Waals surface area contributed by atoms with Crippen LogP contribution in [-0.4, -0.2) is 28.6 Å². The summed E-state index contributed by atoms with van der Waals surface area (Å²) in [5.41, 5.74) is 3.84. The zero-order valence-corrected chi connectivity index (χ0v) is 18.9. The molecular weight excluding hydrogens is 454 g/mol. The summed E-state index contributed by atoms with van der Waals surface area (Å²) in [7, 11) is 0. The fourth-order valence-electron chi connectivity index (χ4n) is 3.52. The number of benzene rings is 3. The van der Waals surface area contributed by atoms with Gasteiger partial charge in [0.15, 0.2) is 0 Å². The van der Waals surface area contributed by atoms with E-state index < -0.39 is 0 Å². The summed E-state index contributed by atoms with van der Waals surface area (Å²) in [6, 6.07) is 23.5. The number of amides is 1. The molecule has 0 spiro atoms. The van der Waals surface area contributed by atoms with Gasteiger partial charge in [-0.05, 0) is 61.0 Å². The van der Waals surface area contributed by atoms with Crippen molar-refractivity contribution in [3.05, 3.63) is 94.2 Å². The lowest BCUT2D eigenvalue weighted by molar-refractivity contribution is 0.0954. The molecule has 1 amide bonds. The van der Waals surface area contributed by atoms with Gasteiger partial charge in [-0.3, -0.25) is 4.79 Å². The Morgan fingerprint density at radius 3 is 2.68 bits per heavy atom. The maximum Gasteiger partial charge on any atom is 0.251 e. The average Bonchev–Trinajstić information content (AvgIpc) is 3.12. The molecule has 1 aromatic heterocycles. The number of aromatic nitrogens is 2. The van der Waals surface area contributed by atoms with Crippen LogP contribution in [-0.2, 0) is 13.0 Å². The number of aryl methyl sites for hydroxylation is 1. The summed E-state index contributed by atoms with van der Waals surface area (Å²) in [5.74, 6) is 1.72. The number of ether oxygens (including phenoxy) is 1. The highest BCUT2D eigenvalue weighted by molar-refractivity contribution is 9.10. The van der Waals surface area contributed by atoms with Crippen molar-refractivity contribution in [3.8, 4) is 5.75 Å². The van der Waals surface area contributed by atoms with E-state index in [4.69, 9.17) is 9.72 Å². The molecule has 0 fully saturated rings. The molecule has 4 aromatic rings. The lowest BCUT2D eigenvalue weighted by Crippen LogP contribution is -2.26. The van der Waals surface area contributed by atoms with E-state index in [1.54, 1.807) is 12.1 Å². The van der Waals surface area contributed by atoms with Crippen LogP contribution in [0.1, 0.15) is 21.7 Å². The number of fused-ring (bicyclic) bond motifs is 1. The Hall–Kier alpha value is -3.12. The summed E-state index contributed by atoms with van der Waals surface area (Å²) >= 11 is 3.39. The topological polar surface area (TPSA) is 56.1 Å². The van der Waals surface area contributed by atoms with Gasteiger partial charge in [0.1, 0.15) is 18.2 Å². The van der Waals surface area contributed by atoms with Gasteiger partial charge in [0.2, 0.25) is 0 Å². The fraction of sp³-hybridized carbons (Fsp3) is 0.200. The predicted molar refractivity (Wildman–Crippen MR) is 127 cm³/mol. The number of carbonyl (C=O) groups excluding carboxylic acids is 1. The number of hydrogen-bond donors (Lipinski definition) is 1. The standard InChI is InChI=1S/C25H24BrN3O2/c1-18-5-4-6-21(17-18)31-16-15-29-23-8-3-2-7-22(23)28-24(29)13-14-27-25(30)19-9-11-20(26)12-10-19/h2-12,17H,13-16H2,1H3,(H,27,30). The number of nitrogens with zero attached hydrogens (tertiary/aromatic N) is 2. The summed E-state index contributed by atoms with van der Waals surface area (Å²) < 4.78 is 9.08. The lowest BCUT2D eigenvalue weighted by Gasteiger charge is -2.12. The Balaban J connectivity index is 1.42. The van der Waals surface area contributed by atoms with E-state index in [2.05, 4.69) is 44.9 Å². The molecular formula is C25H24BrN3O2. The molecule has 5 nitrogen and oxygen atoms in total. The third-order valence-electron chi connectivity index (χ3n) is 5.05. The minimum Gasteiger partial charge on any atom is -0.492 e. The SMILES string of the molecule is Cc1cccc(OCCn2c(CCNC(=O)c3ccc(Br)cc3)nc3ccccc32)c1. The molecule has 0 bridgehead atoms. The van der Waals surface area contributed by atoms with Gasteiger partial charge in [0.25, 0.3) is 5.91 Å². The zero-order chi connectivity index (χ0) is 21.6. The number of rotatable bonds is 8. The van der Waals surface area contributed by atoms with E-state index >= 15 is 0 Å². The van der Waals surface area contributed by atoms with Crippen molar-refractivity contribution >= 4 is 32.9 Å². The summed E-state index contributed by atoms with van der Waals surface area (Å²) in [6.07, 6.45) is 0.640. The highest BCUT2D eigenvalue weighted by atomic mass is 79.9. The molecule has 31 heavy (non-hydrogen) atoms. The molecule has 0 atom stereocenters. The van der Waals surface area contributed by atoms with Crippen molar-refractivity contribution in [1.29, 1.82) is 0 Å². The number of carbonyl (C=O) groups is 1. The third kappa shape index (κ3) is 5.33. The highest BCUT2D eigenvalue weighted by Gasteiger charge is 2.12. The molecule has 6 heteroatoms. The molecule has 0 aliphatic carbocycles. The van der Waals surface area contributed by atoms with Crippen LogP contribution in [0, 0.1) is 6.92 Å². The van der Waals surface area contributed by atoms with Gasteiger partial charge in [-0.2, -0.15) is 0 Å². The van der Waals surface area contributed by atoms with Crippen molar-refractivity contribution < 1.29 is 9.53 Å². The van der Waals surface area contributed by atoms with Crippen LogP contribution in [0.5, 0.6) is 5.75 Å². The average molecular weight is 478 g/mol. The van der Waals surface area contributed by atoms with E-state index in [9.17, 15) is 4.79 Å². The van der Waals surface area contributed by atoms with Crippen LogP contribution in [0.25, 0.3) is 11.0 Å². The van der Waals surface area contributed by atoms with Crippen molar-refractivity contribution in [2.75, 3.05) is 13.2 Å². The van der Waals surface area contributed by atoms with Crippen LogP contribution in [0.15, 0.2) is 77.3 Å². The Kier molecular flexibility index (Phi) is 6.67. The lowest BCUT2D eigenvalue weighted by atomic mass is 10.2. The Labute approximate surface area is 190 Å². The first-order valence-corrected chi connectivity index (χ1v) is 11.1. The Morgan fingerprint density at radius 2 is 1.87 bits per heavy atom. The summed E-state index contributed by atoms with van der Waals surface area (Å²) in [5, 5.41) is 2.99. The Morgan fingerprint density at radius 1 is 1.06 bits per heavy atom. The molecule has 158 valence electrons. The third-order valence-corrected chi connectivity index (χ3v) is 5.58. The van der Waals surface area contributed by atoms with E-state index in [1.165, 1.54) is 5.56 Å². The van der Waals surface area contributed by atoms with Gasteiger partial charge in [0, 0.05) is 23.0 Å². The normalized spacial score (nSPS) is 10.9. The van der Waals surface area contributed by atoms with Gasteiger partial charge >= 0.3 is 0 Å². The van der Waals surface area contributed by atoms with E-state index in [-0.39, 0.29) is 5.91 Å². The number of hydrogen-bond acceptors (Lipinski definition) is 3. The van der Waals surface area contributed by atoms with E-state index in [0.717, 1.165) is 27.1 Å². The minimum absolute atomic E-state index is 0.0852. The van der Waals surface area contributed by atoms with Gasteiger partial charge in [-0.15, -0.1) is 0 Å². The van der Waals surface area contributed by atoms with Gasteiger partial charge in [0.05, 0.1) is 17.6 Å². The van der Waals surface area contributed by atoms with E-state index in [0.29, 0.717) is 31.7 Å². The van der Waals surface area contributed by atoms with Gasteiger partial charge < -0.3 is 14.6 Å². The predicted octanol–water partition coefficient (Wildman–Crippen LogP) is 5.16. The Bertz CT molecular complexity index is 1190. The molecule has 3 aromatic carbocycles. The summed E-state index contributed by atoms with van der Waals surface area (Å²) in [6.45, 7) is 3.79. The number of para-hydroxylation sites is 2. The van der Waals surface area contributed by atoms with Gasteiger partial charge in [-0.25, -0.2) is 4.98 Å². The number of nitrogens with one attached hydrogen (secondary N) is 1. The first kappa shape index (κ1) is 21.1.